The van der Waals surface area contributed by atoms with E-state index in [0.29, 0.717) is 5.56 Å². The minimum Gasteiger partial charge on any atom is -0.507 e. The van der Waals surface area contributed by atoms with Gasteiger partial charge in [-0.15, -0.1) is 0 Å². The number of aldehydes is 1. The Morgan fingerprint density at radius 3 is 2.67 bits per heavy atom. The summed E-state index contributed by atoms with van der Waals surface area (Å²) in [6.07, 6.45) is 1.08. The molecule has 1 rings (SSSR count). The van der Waals surface area contributed by atoms with Crippen molar-refractivity contribution in [1.82, 2.24) is 0 Å². The number of rotatable bonds is 2. The highest BCUT2D eigenvalue weighted by Gasteiger charge is 2.04. The van der Waals surface area contributed by atoms with Crippen LogP contribution in [0.25, 0.3) is 0 Å². The number of hydrogen-bond acceptors (Lipinski definition) is 2. The van der Waals surface area contributed by atoms with E-state index in [9.17, 15) is 9.90 Å². The molecule has 2 nitrogen and oxygen atoms in total. The third kappa shape index (κ3) is 1.47. The summed E-state index contributed by atoms with van der Waals surface area (Å²) >= 11 is 0. The number of phenolic OH excluding ortho intramolecular Hbond substituents is 1. The van der Waals surface area contributed by atoms with Crippen LogP contribution in [0.15, 0.2) is 12.1 Å². The highest BCUT2D eigenvalue weighted by atomic mass is 16.3. The van der Waals surface area contributed by atoms with Gasteiger partial charge in [0.1, 0.15) is 12.0 Å². The van der Waals surface area contributed by atoms with Gasteiger partial charge in [-0.2, -0.15) is 0 Å². The molecule has 0 unspecified atom stereocenters. The molecule has 0 saturated heterocycles. The highest BCUT2D eigenvalue weighted by Crippen LogP contribution is 2.24. The molecule has 0 aliphatic rings. The van der Waals surface area contributed by atoms with Crippen LogP contribution in [0, 0.1) is 13.8 Å². The minimum atomic E-state index is 0.252. The van der Waals surface area contributed by atoms with Crippen LogP contribution >= 0.6 is 0 Å². The first kappa shape index (κ1) is 8.78. The number of benzene rings is 1. The van der Waals surface area contributed by atoms with Crippen molar-refractivity contribution in [1.29, 1.82) is 0 Å². The Balaban J connectivity index is 3.16. The van der Waals surface area contributed by atoms with Crippen molar-refractivity contribution in [2.24, 2.45) is 0 Å². The van der Waals surface area contributed by atoms with E-state index >= 15 is 0 Å². The maximum atomic E-state index is 10.2. The lowest BCUT2D eigenvalue weighted by Crippen LogP contribution is -1.90. The van der Waals surface area contributed by atoms with Gasteiger partial charge in [-0.25, -0.2) is 0 Å². The summed E-state index contributed by atoms with van der Waals surface area (Å²) < 4.78 is 0. The number of carbonyl (C=O) groups is 1. The van der Waals surface area contributed by atoms with Crippen molar-refractivity contribution in [2.45, 2.75) is 20.3 Å². The van der Waals surface area contributed by atoms with E-state index in [2.05, 4.69) is 0 Å². The molecule has 1 aromatic carbocycles. The van der Waals surface area contributed by atoms with Crippen LogP contribution < -0.4 is 0 Å². The lowest BCUT2D eigenvalue weighted by atomic mass is 10.0. The predicted octanol–water partition coefficient (Wildman–Crippen LogP) is 1.75. The molecule has 0 heterocycles. The van der Waals surface area contributed by atoms with Crippen molar-refractivity contribution < 1.29 is 9.90 Å². The summed E-state index contributed by atoms with van der Waals surface area (Å²) in [5.74, 6) is 0.252. The van der Waals surface area contributed by atoms with Gasteiger partial charge >= 0.3 is 0 Å². The SMILES string of the molecule is Cc1ccc(CC=O)c(O)c1C. The highest BCUT2D eigenvalue weighted by molar-refractivity contribution is 5.59. The van der Waals surface area contributed by atoms with E-state index in [1.807, 2.05) is 19.9 Å². The summed E-state index contributed by atoms with van der Waals surface area (Å²) in [6.45, 7) is 3.78. The second-order valence-electron chi connectivity index (χ2n) is 2.89. The van der Waals surface area contributed by atoms with E-state index < -0.39 is 0 Å². The Morgan fingerprint density at radius 1 is 1.42 bits per heavy atom. The zero-order valence-corrected chi connectivity index (χ0v) is 7.29. The van der Waals surface area contributed by atoms with Crippen LogP contribution in [0.1, 0.15) is 16.7 Å². The number of hydrogen-bond donors (Lipinski definition) is 1. The van der Waals surface area contributed by atoms with Crippen molar-refractivity contribution >= 4 is 6.29 Å². The molecule has 12 heavy (non-hydrogen) atoms. The lowest BCUT2D eigenvalue weighted by Gasteiger charge is -2.06. The van der Waals surface area contributed by atoms with E-state index in [1.54, 1.807) is 6.07 Å². The molecule has 64 valence electrons. The quantitative estimate of drug-likeness (QED) is 0.676. The first-order valence-electron chi connectivity index (χ1n) is 3.88. The third-order valence-corrected chi connectivity index (χ3v) is 2.09. The molecule has 2 heteroatoms. The molecular weight excluding hydrogens is 152 g/mol. The summed E-state index contributed by atoms with van der Waals surface area (Å²) in [4.78, 5) is 10.2. The fourth-order valence-electron chi connectivity index (χ4n) is 1.11. The normalized spacial score (nSPS) is 9.83. The number of aryl methyl sites for hydroxylation is 1. The number of carbonyl (C=O) groups excluding carboxylic acids is 1. The fourth-order valence-corrected chi connectivity index (χ4v) is 1.11. The minimum absolute atomic E-state index is 0.252. The van der Waals surface area contributed by atoms with Gasteiger partial charge in [0.2, 0.25) is 0 Å². The van der Waals surface area contributed by atoms with Gasteiger partial charge in [-0.05, 0) is 25.0 Å². The average Bonchev–Trinajstić information content (AvgIpc) is 2.07. The molecule has 1 N–H and O–H groups in total. The topological polar surface area (TPSA) is 37.3 Å². The van der Waals surface area contributed by atoms with Gasteiger partial charge in [0.15, 0.2) is 0 Å². The standard InChI is InChI=1S/C10H12O2/c1-7-3-4-9(5-6-11)10(12)8(7)2/h3-4,6,12H,5H2,1-2H3. The second-order valence-corrected chi connectivity index (χ2v) is 2.89. The van der Waals surface area contributed by atoms with Crippen LogP contribution in [0.4, 0.5) is 0 Å². The molecule has 0 aliphatic heterocycles. The Bertz CT molecular complexity index is 303. The molecule has 0 bridgehead atoms. The molecular formula is C10H12O2. The van der Waals surface area contributed by atoms with Gasteiger partial charge in [0.25, 0.3) is 0 Å². The first-order chi connectivity index (χ1) is 5.66. The van der Waals surface area contributed by atoms with E-state index in [4.69, 9.17) is 0 Å². The molecule has 0 amide bonds. The number of aromatic hydroxyl groups is 1. The Morgan fingerprint density at radius 2 is 2.08 bits per heavy atom. The fraction of sp³-hybridized carbons (Fsp3) is 0.300. The summed E-state index contributed by atoms with van der Waals surface area (Å²) in [6, 6.07) is 3.69. The van der Waals surface area contributed by atoms with E-state index in [1.165, 1.54) is 0 Å². The average molecular weight is 164 g/mol. The molecule has 0 radical (unpaired) electrons. The molecule has 0 aliphatic carbocycles. The lowest BCUT2D eigenvalue weighted by molar-refractivity contribution is -0.107. The Hall–Kier alpha value is -1.31. The van der Waals surface area contributed by atoms with E-state index in [-0.39, 0.29) is 12.2 Å². The maximum Gasteiger partial charge on any atom is 0.124 e. The molecule has 0 fully saturated rings. The third-order valence-electron chi connectivity index (χ3n) is 2.09. The van der Waals surface area contributed by atoms with Gasteiger partial charge in [0.05, 0.1) is 0 Å². The van der Waals surface area contributed by atoms with Gasteiger partial charge in [-0.3, -0.25) is 0 Å². The van der Waals surface area contributed by atoms with Crippen molar-refractivity contribution in [3.63, 3.8) is 0 Å². The van der Waals surface area contributed by atoms with Crippen molar-refractivity contribution in [2.75, 3.05) is 0 Å². The first-order valence-corrected chi connectivity index (χ1v) is 3.88. The zero-order valence-electron chi connectivity index (χ0n) is 7.29. The van der Waals surface area contributed by atoms with Gasteiger partial charge in [0, 0.05) is 12.0 Å². The molecule has 1 aromatic rings. The zero-order chi connectivity index (χ0) is 9.14. The second kappa shape index (κ2) is 3.39. The monoisotopic (exact) mass is 164 g/mol. The maximum absolute atomic E-state index is 10.2. The van der Waals surface area contributed by atoms with Crippen LogP contribution in [0.3, 0.4) is 0 Å². The Kier molecular flexibility index (Phi) is 2.48. The van der Waals surface area contributed by atoms with E-state index in [0.717, 1.165) is 17.4 Å². The summed E-state index contributed by atoms with van der Waals surface area (Å²) in [5.41, 5.74) is 2.60. The molecule has 0 saturated carbocycles. The molecule has 0 atom stereocenters. The van der Waals surface area contributed by atoms with Gasteiger partial charge < -0.3 is 9.90 Å². The smallest absolute Gasteiger partial charge is 0.124 e. The van der Waals surface area contributed by atoms with Crippen molar-refractivity contribution in [3.05, 3.63) is 28.8 Å². The van der Waals surface area contributed by atoms with Crippen LogP contribution in [0.5, 0.6) is 5.75 Å². The van der Waals surface area contributed by atoms with Gasteiger partial charge in [-0.1, -0.05) is 12.1 Å². The summed E-state index contributed by atoms with van der Waals surface area (Å²) in [5, 5.41) is 9.55. The van der Waals surface area contributed by atoms with Crippen LogP contribution in [-0.2, 0) is 11.2 Å². The summed E-state index contributed by atoms with van der Waals surface area (Å²) in [7, 11) is 0. The predicted molar refractivity (Wildman–Crippen MR) is 47.3 cm³/mol. The number of phenols is 1. The molecule has 0 spiro atoms. The van der Waals surface area contributed by atoms with Crippen LogP contribution in [0.2, 0.25) is 0 Å². The largest absolute Gasteiger partial charge is 0.507 e. The Labute approximate surface area is 71.8 Å². The molecule has 0 aromatic heterocycles. The van der Waals surface area contributed by atoms with Crippen molar-refractivity contribution in [3.8, 4) is 5.75 Å². The van der Waals surface area contributed by atoms with Crippen LogP contribution in [-0.4, -0.2) is 11.4 Å².